The van der Waals surface area contributed by atoms with E-state index < -0.39 is 0 Å². The van der Waals surface area contributed by atoms with Gasteiger partial charge >= 0.3 is 0 Å². The zero-order chi connectivity index (χ0) is 13.6. The van der Waals surface area contributed by atoms with Gasteiger partial charge in [-0.3, -0.25) is 4.79 Å². The van der Waals surface area contributed by atoms with Gasteiger partial charge in [-0.25, -0.2) is 0 Å². The van der Waals surface area contributed by atoms with Crippen molar-refractivity contribution in [2.45, 2.75) is 25.8 Å². The average Bonchev–Trinajstić information content (AvgIpc) is 3.14. The third-order valence-electron chi connectivity index (χ3n) is 3.91. The molecular formula is C14H16ClNO3. The van der Waals surface area contributed by atoms with Crippen LogP contribution in [0, 0.1) is 5.92 Å². The lowest BCUT2D eigenvalue weighted by atomic mass is 10.1. The lowest BCUT2D eigenvalue weighted by Crippen LogP contribution is -2.36. The molecule has 0 saturated heterocycles. The molecule has 5 heteroatoms. The summed E-state index contributed by atoms with van der Waals surface area (Å²) in [4.78, 5) is 14.2. The molecule has 0 aromatic heterocycles. The highest BCUT2D eigenvalue weighted by Gasteiger charge is 2.33. The van der Waals surface area contributed by atoms with Gasteiger partial charge in [0.1, 0.15) is 0 Å². The van der Waals surface area contributed by atoms with Crippen molar-refractivity contribution in [2.75, 3.05) is 13.8 Å². The third-order valence-corrected chi connectivity index (χ3v) is 4.19. The zero-order valence-electron chi connectivity index (χ0n) is 11.0. The van der Waals surface area contributed by atoms with Crippen LogP contribution in [0.25, 0.3) is 0 Å². The minimum atomic E-state index is -0.0281. The molecule has 1 fully saturated rings. The van der Waals surface area contributed by atoms with Gasteiger partial charge in [0, 0.05) is 18.7 Å². The second-order valence-electron chi connectivity index (χ2n) is 5.19. The van der Waals surface area contributed by atoms with Gasteiger partial charge in [0.05, 0.1) is 5.02 Å². The molecule has 1 unspecified atom stereocenters. The van der Waals surface area contributed by atoms with E-state index in [1.807, 2.05) is 7.05 Å². The molecule has 1 heterocycles. The van der Waals surface area contributed by atoms with E-state index in [1.54, 1.807) is 17.0 Å². The highest BCUT2D eigenvalue weighted by atomic mass is 35.5. The van der Waals surface area contributed by atoms with Crippen LogP contribution in [-0.2, 0) is 0 Å². The Kier molecular flexibility index (Phi) is 3.05. The summed E-state index contributed by atoms with van der Waals surface area (Å²) in [7, 11) is 1.84. The molecule has 3 rings (SSSR count). The van der Waals surface area contributed by atoms with Crippen LogP contribution in [0.5, 0.6) is 11.5 Å². The number of halogens is 1. The van der Waals surface area contributed by atoms with Crippen molar-refractivity contribution >= 4 is 17.5 Å². The molecule has 0 bridgehead atoms. The van der Waals surface area contributed by atoms with E-state index in [0.717, 1.165) is 0 Å². The summed E-state index contributed by atoms with van der Waals surface area (Å²) in [6.07, 6.45) is 2.42. The van der Waals surface area contributed by atoms with Crippen molar-refractivity contribution in [3.8, 4) is 11.5 Å². The fourth-order valence-corrected chi connectivity index (χ4v) is 2.64. The van der Waals surface area contributed by atoms with Gasteiger partial charge in [-0.05, 0) is 37.8 Å². The van der Waals surface area contributed by atoms with Gasteiger partial charge in [-0.2, -0.15) is 0 Å². The third kappa shape index (κ3) is 2.25. The second kappa shape index (κ2) is 4.60. The molecule has 0 spiro atoms. The Morgan fingerprint density at radius 1 is 1.42 bits per heavy atom. The molecule has 2 aliphatic rings. The van der Waals surface area contributed by atoms with E-state index in [-0.39, 0.29) is 18.7 Å². The van der Waals surface area contributed by atoms with E-state index in [9.17, 15) is 4.79 Å². The van der Waals surface area contributed by atoms with E-state index in [1.165, 1.54) is 12.8 Å². The van der Waals surface area contributed by atoms with E-state index in [2.05, 4.69) is 6.92 Å². The Morgan fingerprint density at radius 2 is 2.16 bits per heavy atom. The van der Waals surface area contributed by atoms with E-state index in [4.69, 9.17) is 21.1 Å². The first kappa shape index (κ1) is 12.6. The number of amides is 1. The van der Waals surface area contributed by atoms with Gasteiger partial charge in [0.25, 0.3) is 5.91 Å². The summed E-state index contributed by atoms with van der Waals surface area (Å²) in [5, 5.41) is 0.422. The topological polar surface area (TPSA) is 38.8 Å². The summed E-state index contributed by atoms with van der Waals surface area (Å²) in [6, 6.07) is 3.61. The van der Waals surface area contributed by atoms with Crippen molar-refractivity contribution in [1.82, 2.24) is 4.90 Å². The molecule has 1 aliphatic heterocycles. The Morgan fingerprint density at radius 3 is 2.84 bits per heavy atom. The zero-order valence-corrected chi connectivity index (χ0v) is 11.7. The predicted octanol–water partition coefficient (Wildman–Crippen LogP) is 2.94. The molecule has 102 valence electrons. The Labute approximate surface area is 117 Å². The standard InChI is InChI=1S/C14H16ClNO3/c1-8(9-3-4-9)16(2)14(17)10-5-11(15)13-12(6-10)18-7-19-13/h5-6,8-9H,3-4,7H2,1-2H3. The average molecular weight is 282 g/mol. The Hall–Kier alpha value is -1.42. The summed E-state index contributed by atoms with van der Waals surface area (Å²) in [5.41, 5.74) is 0.546. The maximum atomic E-state index is 12.4. The number of ether oxygens (including phenoxy) is 2. The van der Waals surface area contributed by atoms with E-state index >= 15 is 0 Å². The number of carbonyl (C=O) groups is 1. The number of fused-ring (bicyclic) bond motifs is 1. The first-order chi connectivity index (χ1) is 9.08. The number of rotatable bonds is 3. The van der Waals surface area contributed by atoms with Crippen molar-refractivity contribution < 1.29 is 14.3 Å². The maximum absolute atomic E-state index is 12.4. The molecule has 0 N–H and O–H groups in total. The summed E-state index contributed by atoms with van der Waals surface area (Å²) in [5.74, 6) is 1.68. The minimum Gasteiger partial charge on any atom is -0.454 e. The van der Waals surface area contributed by atoms with Crippen molar-refractivity contribution in [1.29, 1.82) is 0 Å². The van der Waals surface area contributed by atoms with Crippen LogP contribution < -0.4 is 9.47 Å². The number of nitrogens with zero attached hydrogens (tertiary/aromatic N) is 1. The van der Waals surface area contributed by atoms with Crippen LogP contribution >= 0.6 is 11.6 Å². The van der Waals surface area contributed by atoms with Crippen LogP contribution in [-0.4, -0.2) is 30.7 Å². The molecular weight excluding hydrogens is 266 g/mol. The second-order valence-corrected chi connectivity index (χ2v) is 5.59. The van der Waals surface area contributed by atoms with Crippen molar-refractivity contribution in [3.05, 3.63) is 22.7 Å². The van der Waals surface area contributed by atoms with Crippen molar-refractivity contribution in [3.63, 3.8) is 0 Å². The van der Waals surface area contributed by atoms with Crippen LogP contribution in [0.4, 0.5) is 0 Å². The summed E-state index contributed by atoms with van der Waals surface area (Å²) in [6.45, 7) is 2.24. The quantitative estimate of drug-likeness (QED) is 0.855. The normalized spacial score (nSPS) is 18.3. The fourth-order valence-electron chi connectivity index (χ4n) is 2.37. The first-order valence-corrected chi connectivity index (χ1v) is 6.82. The van der Waals surface area contributed by atoms with Crippen LogP contribution in [0.1, 0.15) is 30.1 Å². The number of benzene rings is 1. The molecule has 1 saturated carbocycles. The maximum Gasteiger partial charge on any atom is 0.254 e. The number of hydrogen-bond donors (Lipinski definition) is 0. The highest BCUT2D eigenvalue weighted by Crippen LogP contribution is 2.40. The number of hydrogen-bond acceptors (Lipinski definition) is 3. The SMILES string of the molecule is CC(C1CC1)N(C)C(=O)c1cc(Cl)c2c(c1)OCO2. The molecule has 1 aromatic carbocycles. The first-order valence-electron chi connectivity index (χ1n) is 6.44. The monoisotopic (exact) mass is 281 g/mol. The summed E-state index contributed by atoms with van der Waals surface area (Å²) < 4.78 is 10.5. The molecule has 19 heavy (non-hydrogen) atoms. The van der Waals surface area contributed by atoms with Gasteiger partial charge in [-0.1, -0.05) is 11.6 Å². The fraction of sp³-hybridized carbons (Fsp3) is 0.500. The van der Waals surface area contributed by atoms with Gasteiger partial charge in [0.15, 0.2) is 11.5 Å². The molecule has 1 aliphatic carbocycles. The lowest BCUT2D eigenvalue weighted by Gasteiger charge is -2.25. The summed E-state index contributed by atoms with van der Waals surface area (Å²) >= 11 is 6.10. The van der Waals surface area contributed by atoms with Crippen LogP contribution in [0.3, 0.4) is 0 Å². The molecule has 0 radical (unpaired) electrons. The largest absolute Gasteiger partial charge is 0.454 e. The Bertz CT molecular complexity index is 528. The molecule has 4 nitrogen and oxygen atoms in total. The minimum absolute atomic E-state index is 0.0281. The van der Waals surface area contributed by atoms with Gasteiger partial charge < -0.3 is 14.4 Å². The molecule has 1 aromatic rings. The highest BCUT2D eigenvalue weighted by molar-refractivity contribution is 6.32. The predicted molar refractivity (Wildman–Crippen MR) is 71.9 cm³/mol. The smallest absolute Gasteiger partial charge is 0.254 e. The van der Waals surface area contributed by atoms with Gasteiger partial charge in [-0.15, -0.1) is 0 Å². The van der Waals surface area contributed by atoms with Crippen LogP contribution in [0.15, 0.2) is 12.1 Å². The van der Waals surface area contributed by atoms with Crippen molar-refractivity contribution in [2.24, 2.45) is 5.92 Å². The molecule has 1 amide bonds. The van der Waals surface area contributed by atoms with Crippen LogP contribution in [0.2, 0.25) is 5.02 Å². The van der Waals surface area contributed by atoms with E-state index in [0.29, 0.717) is 28.0 Å². The number of carbonyl (C=O) groups excluding carboxylic acids is 1. The Balaban J connectivity index is 1.85. The van der Waals surface area contributed by atoms with Gasteiger partial charge in [0.2, 0.25) is 6.79 Å². The molecule has 1 atom stereocenters. The lowest BCUT2D eigenvalue weighted by molar-refractivity contribution is 0.0727.